The van der Waals surface area contributed by atoms with Crippen LogP contribution < -0.4 is 5.32 Å². The molecule has 5 aliphatic carbocycles. The highest BCUT2D eigenvalue weighted by Gasteiger charge is 2.54. The molecule has 3 nitrogen and oxygen atoms in total. The minimum absolute atomic E-state index is 0.153. The van der Waals surface area contributed by atoms with Crippen LogP contribution >= 0.6 is 11.3 Å². The molecule has 5 aliphatic rings. The van der Waals surface area contributed by atoms with Crippen molar-refractivity contribution in [2.75, 3.05) is 5.32 Å². The zero-order valence-corrected chi connectivity index (χ0v) is 18.3. The summed E-state index contributed by atoms with van der Waals surface area (Å²) in [7, 11) is 0. The lowest BCUT2D eigenvalue weighted by atomic mass is 9.49. The molecule has 0 radical (unpaired) electrons. The molecule has 4 bridgehead atoms. The molecule has 0 aliphatic heterocycles. The van der Waals surface area contributed by atoms with Crippen LogP contribution in [0.1, 0.15) is 81.7 Å². The molecule has 0 saturated heterocycles. The van der Waals surface area contributed by atoms with E-state index in [4.69, 9.17) is 0 Å². The summed E-state index contributed by atoms with van der Waals surface area (Å²) in [5.74, 6) is 3.15. The zero-order chi connectivity index (χ0) is 19.7. The molecule has 28 heavy (non-hydrogen) atoms. The van der Waals surface area contributed by atoms with E-state index >= 15 is 0 Å². The first-order valence-electron chi connectivity index (χ1n) is 11.1. The molecular weight excluding hydrogens is 364 g/mol. The van der Waals surface area contributed by atoms with Crippen LogP contribution in [0.3, 0.4) is 0 Å². The Balaban J connectivity index is 1.40. The Bertz CT molecular complexity index is 818. The van der Waals surface area contributed by atoms with Crippen molar-refractivity contribution in [3.63, 3.8) is 0 Å². The Hall–Kier alpha value is -1.34. The Morgan fingerprint density at radius 1 is 1.14 bits per heavy atom. The van der Waals surface area contributed by atoms with Crippen molar-refractivity contribution < 1.29 is 4.79 Å². The third-order valence-corrected chi connectivity index (χ3v) is 9.52. The fourth-order valence-corrected chi connectivity index (χ4v) is 8.43. The number of amides is 1. The largest absolute Gasteiger partial charge is 0.316 e. The maximum absolute atomic E-state index is 13.5. The van der Waals surface area contributed by atoms with E-state index in [-0.39, 0.29) is 16.7 Å². The molecule has 1 atom stereocenters. The van der Waals surface area contributed by atoms with Gasteiger partial charge in [-0.2, -0.15) is 5.26 Å². The van der Waals surface area contributed by atoms with Gasteiger partial charge in [0, 0.05) is 4.88 Å². The summed E-state index contributed by atoms with van der Waals surface area (Å²) in [5.41, 5.74) is 2.11. The summed E-state index contributed by atoms with van der Waals surface area (Å²) in [6.45, 7) is 6.95. The van der Waals surface area contributed by atoms with Crippen LogP contribution in [-0.2, 0) is 17.6 Å². The molecule has 1 amide bonds. The van der Waals surface area contributed by atoms with Gasteiger partial charge in [-0.1, -0.05) is 20.8 Å². The zero-order valence-electron chi connectivity index (χ0n) is 17.4. The molecule has 0 unspecified atom stereocenters. The Kier molecular flexibility index (Phi) is 4.22. The SMILES string of the molecule is CC(C)(C)[C@@H]1CCc2c(sc(NC(=O)C34CC5CC(CC(C5)C3)C4)c2C#N)C1. The van der Waals surface area contributed by atoms with Crippen molar-refractivity contribution in [3.8, 4) is 6.07 Å². The van der Waals surface area contributed by atoms with Gasteiger partial charge in [0.2, 0.25) is 5.91 Å². The minimum atomic E-state index is -0.153. The predicted molar refractivity (Wildman–Crippen MR) is 113 cm³/mol. The smallest absolute Gasteiger partial charge is 0.231 e. The number of nitriles is 1. The second kappa shape index (κ2) is 6.33. The average Bonchev–Trinajstić information content (AvgIpc) is 2.95. The number of thiophene rings is 1. The van der Waals surface area contributed by atoms with E-state index in [0.717, 1.165) is 66.8 Å². The first-order valence-corrected chi connectivity index (χ1v) is 11.9. The molecule has 0 aromatic carbocycles. The maximum atomic E-state index is 13.5. The molecule has 1 N–H and O–H groups in total. The second-order valence-electron chi connectivity index (χ2n) is 11.3. The summed E-state index contributed by atoms with van der Waals surface area (Å²) < 4.78 is 0. The van der Waals surface area contributed by atoms with Crippen molar-refractivity contribution in [1.29, 1.82) is 5.26 Å². The highest BCUT2D eigenvalue weighted by Crippen LogP contribution is 2.60. The number of carbonyl (C=O) groups is 1. The van der Waals surface area contributed by atoms with Crippen LogP contribution in [0, 0.1) is 45.8 Å². The number of nitrogens with zero attached hydrogens (tertiary/aromatic N) is 1. The van der Waals surface area contributed by atoms with Gasteiger partial charge in [0.05, 0.1) is 11.0 Å². The highest BCUT2D eigenvalue weighted by atomic mass is 32.1. The van der Waals surface area contributed by atoms with Crippen molar-refractivity contribution >= 4 is 22.2 Å². The number of rotatable bonds is 2. The van der Waals surface area contributed by atoms with Crippen LogP contribution in [0.25, 0.3) is 0 Å². The summed E-state index contributed by atoms with van der Waals surface area (Å²) in [6, 6.07) is 2.43. The van der Waals surface area contributed by atoms with Gasteiger partial charge in [-0.05, 0) is 92.4 Å². The lowest BCUT2D eigenvalue weighted by Gasteiger charge is -2.55. The molecule has 4 fully saturated rings. The molecule has 6 rings (SSSR count). The lowest BCUT2D eigenvalue weighted by Crippen LogP contribution is -2.51. The van der Waals surface area contributed by atoms with Crippen LogP contribution in [0.5, 0.6) is 0 Å². The van der Waals surface area contributed by atoms with Gasteiger partial charge in [0.15, 0.2) is 0 Å². The average molecular weight is 397 g/mol. The Morgan fingerprint density at radius 2 is 1.75 bits per heavy atom. The van der Waals surface area contributed by atoms with Gasteiger partial charge in [-0.15, -0.1) is 11.3 Å². The van der Waals surface area contributed by atoms with E-state index in [1.165, 1.54) is 29.7 Å². The van der Waals surface area contributed by atoms with Crippen molar-refractivity contribution in [2.45, 2.75) is 78.6 Å². The van der Waals surface area contributed by atoms with E-state index in [9.17, 15) is 10.1 Å². The number of hydrogen-bond donors (Lipinski definition) is 1. The third-order valence-electron chi connectivity index (χ3n) is 8.35. The fourth-order valence-electron chi connectivity index (χ4n) is 7.16. The molecule has 1 aromatic rings. The van der Waals surface area contributed by atoms with Gasteiger partial charge in [-0.25, -0.2) is 0 Å². The van der Waals surface area contributed by atoms with Crippen LogP contribution in [-0.4, -0.2) is 5.91 Å². The lowest BCUT2D eigenvalue weighted by molar-refractivity contribution is -0.140. The predicted octanol–water partition coefficient (Wildman–Crippen LogP) is 5.93. The summed E-state index contributed by atoms with van der Waals surface area (Å²) in [4.78, 5) is 14.8. The van der Waals surface area contributed by atoms with Crippen molar-refractivity contribution in [3.05, 3.63) is 16.0 Å². The molecule has 150 valence electrons. The van der Waals surface area contributed by atoms with E-state index in [0.29, 0.717) is 5.92 Å². The molecule has 1 heterocycles. The van der Waals surface area contributed by atoms with Crippen LogP contribution in [0.2, 0.25) is 0 Å². The van der Waals surface area contributed by atoms with Crippen molar-refractivity contribution in [1.82, 2.24) is 0 Å². The third kappa shape index (κ3) is 2.93. The van der Waals surface area contributed by atoms with Crippen molar-refractivity contribution in [2.24, 2.45) is 34.5 Å². The van der Waals surface area contributed by atoms with Crippen LogP contribution in [0.15, 0.2) is 0 Å². The normalized spacial score (nSPS) is 36.1. The molecule has 4 saturated carbocycles. The summed E-state index contributed by atoms with van der Waals surface area (Å²) >= 11 is 1.68. The second-order valence-corrected chi connectivity index (χ2v) is 12.4. The topological polar surface area (TPSA) is 52.9 Å². The van der Waals surface area contributed by atoms with Gasteiger partial charge in [0.1, 0.15) is 11.1 Å². The van der Waals surface area contributed by atoms with Gasteiger partial charge < -0.3 is 5.32 Å². The van der Waals surface area contributed by atoms with E-state index < -0.39 is 0 Å². The van der Waals surface area contributed by atoms with E-state index in [2.05, 4.69) is 32.2 Å². The highest BCUT2D eigenvalue weighted by molar-refractivity contribution is 7.16. The summed E-state index contributed by atoms with van der Waals surface area (Å²) in [6.07, 6.45) is 10.4. The van der Waals surface area contributed by atoms with Crippen LogP contribution in [0.4, 0.5) is 5.00 Å². The Labute approximate surface area is 172 Å². The number of anilines is 1. The first kappa shape index (κ1) is 18.7. The minimum Gasteiger partial charge on any atom is -0.316 e. The number of carbonyl (C=O) groups excluding carboxylic acids is 1. The van der Waals surface area contributed by atoms with Gasteiger partial charge in [0.25, 0.3) is 0 Å². The van der Waals surface area contributed by atoms with E-state index in [1.807, 2.05) is 0 Å². The van der Waals surface area contributed by atoms with E-state index in [1.54, 1.807) is 11.3 Å². The number of hydrogen-bond acceptors (Lipinski definition) is 3. The molecule has 0 spiro atoms. The summed E-state index contributed by atoms with van der Waals surface area (Å²) in [5, 5.41) is 14.0. The first-order chi connectivity index (χ1) is 13.3. The quantitative estimate of drug-likeness (QED) is 0.674. The molecular formula is C24H32N2OS. The number of fused-ring (bicyclic) bond motifs is 1. The molecule has 4 heteroatoms. The number of nitrogens with one attached hydrogen (secondary N) is 1. The van der Waals surface area contributed by atoms with Gasteiger partial charge >= 0.3 is 0 Å². The molecule has 1 aromatic heterocycles. The fraction of sp³-hybridized carbons (Fsp3) is 0.750. The Morgan fingerprint density at radius 3 is 2.29 bits per heavy atom. The monoisotopic (exact) mass is 396 g/mol. The maximum Gasteiger partial charge on any atom is 0.231 e. The standard InChI is InChI=1S/C24H32N2OS/c1-23(2,3)17-4-5-18-19(13-25)21(28-20(18)9-17)26-22(27)24-10-14-6-15(11-24)8-16(7-14)12-24/h14-17H,4-12H2,1-3H3,(H,26,27)/t14?,15?,16?,17-,24?/m1/s1. The van der Waals surface area contributed by atoms with Gasteiger partial charge in [-0.3, -0.25) is 4.79 Å².